The second-order valence-electron chi connectivity index (χ2n) is 5.69. The molecule has 0 bridgehead atoms. The van der Waals surface area contributed by atoms with E-state index in [1.165, 1.54) is 6.07 Å². The van der Waals surface area contributed by atoms with Crippen molar-refractivity contribution in [2.75, 3.05) is 13.1 Å². The van der Waals surface area contributed by atoms with Crippen LogP contribution in [0.2, 0.25) is 0 Å². The molecule has 0 aliphatic heterocycles. The average Bonchev–Trinajstić information content (AvgIpc) is 3.12. The smallest absolute Gasteiger partial charge is 0.251 e. The molecule has 0 radical (unpaired) electrons. The van der Waals surface area contributed by atoms with E-state index in [0.29, 0.717) is 17.7 Å². The summed E-state index contributed by atoms with van der Waals surface area (Å²) in [4.78, 5) is 23.6. The summed E-state index contributed by atoms with van der Waals surface area (Å²) in [6, 6.07) is 6.38. The first-order valence-corrected chi connectivity index (χ1v) is 7.95. The number of nitrogens with one attached hydrogen (secondary N) is 2. The van der Waals surface area contributed by atoms with Gasteiger partial charge in [0.15, 0.2) is 0 Å². The van der Waals surface area contributed by atoms with E-state index in [0.717, 1.165) is 0 Å². The van der Waals surface area contributed by atoms with Gasteiger partial charge < -0.3 is 20.8 Å². The second kappa shape index (κ2) is 8.84. The lowest BCUT2D eigenvalue weighted by Crippen LogP contribution is -2.40. The molecule has 0 saturated heterocycles. The largest absolute Gasteiger partial charge is 0.508 e. The summed E-state index contributed by atoms with van der Waals surface area (Å²) in [6.07, 6.45) is 2.75. The van der Waals surface area contributed by atoms with Gasteiger partial charge in [-0.25, -0.2) is 0 Å². The normalized spacial score (nSPS) is 11.8. The Balaban J connectivity index is 1.67. The molecule has 1 aromatic heterocycles. The Hall–Kier alpha value is -2.87. The number of amides is 2. The fourth-order valence-corrected chi connectivity index (χ4v) is 2.10. The van der Waals surface area contributed by atoms with Crippen molar-refractivity contribution in [3.8, 4) is 5.75 Å². The molecule has 8 heteroatoms. The monoisotopic (exact) mass is 346 g/mol. The van der Waals surface area contributed by atoms with E-state index in [4.69, 9.17) is 0 Å². The Bertz CT molecular complexity index is 715. The minimum Gasteiger partial charge on any atom is -0.508 e. The first-order valence-electron chi connectivity index (χ1n) is 7.95. The fourth-order valence-electron chi connectivity index (χ4n) is 2.10. The van der Waals surface area contributed by atoms with Crippen LogP contribution in [0, 0.1) is 6.92 Å². The number of phenolic OH excluding ortho intramolecular Hbond substituents is 1. The van der Waals surface area contributed by atoms with E-state index in [1.807, 2.05) is 0 Å². The third-order valence-corrected chi connectivity index (χ3v) is 3.63. The maximum Gasteiger partial charge on any atom is 0.251 e. The molecule has 0 aliphatic rings. The molecule has 0 fully saturated rings. The van der Waals surface area contributed by atoms with Crippen LogP contribution >= 0.6 is 0 Å². The van der Waals surface area contributed by atoms with Crippen LogP contribution in [-0.2, 0) is 11.3 Å². The Kier molecular flexibility index (Phi) is 6.53. The van der Waals surface area contributed by atoms with Gasteiger partial charge in [0.2, 0.25) is 5.91 Å². The zero-order valence-electron chi connectivity index (χ0n) is 14.0. The first kappa shape index (κ1) is 18.5. The summed E-state index contributed by atoms with van der Waals surface area (Å²) in [7, 11) is 0. The van der Waals surface area contributed by atoms with Gasteiger partial charge in [0.05, 0.1) is 6.10 Å². The Morgan fingerprint density at radius 1 is 1.28 bits per heavy atom. The van der Waals surface area contributed by atoms with Crippen molar-refractivity contribution < 1.29 is 19.8 Å². The van der Waals surface area contributed by atoms with E-state index in [-0.39, 0.29) is 31.2 Å². The quantitative estimate of drug-likeness (QED) is 0.545. The zero-order chi connectivity index (χ0) is 18.2. The van der Waals surface area contributed by atoms with Crippen LogP contribution in [0.5, 0.6) is 5.75 Å². The number of hydrogen-bond acceptors (Lipinski definition) is 5. The summed E-state index contributed by atoms with van der Waals surface area (Å²) in [5.74, 6) is -0.568. The molecular weight excluding hydrogens is 324 g/mol. The highest BCUT2D eigenvalue weighted by Crippen LogP contribution is 2.17. The first-order chi connectivity index (χ1) is 12.0. The van der Waals surface area contributed by atoms with Gasteiger partial charge in [0.25, 0.3) is 5.91 Å². The van der Waals surface area contributed by atoms with E-state index < -0.39 is 12.0 Å². The number of phenols is 1. The average molecular weight is 346 g/mol. The summed E-state index contributed by atoms with van der Waals surface area (Å²) in [5, 5.41) is 28.6. The number of aromatic nitrogens is 2. The molecule has 2 amide bonds. The van der Waals surface area contributed by atoms with E-state index in [1.54, 1.807) is 42.2 Å². The number of rotatable bonds is 8. The van der Waals surface area contributed by atoms with Gasteiger partial charge in [0, 0.05) is 44.0 Å². The standard InChI is InChI=1S/C17H22N4O4/c1-12-3-4-13(9-15(12)23)17(25)19-11-14(22)10-18-16(24)5-8-21-7-2-6-20-21/h2-4,6-7,9,14,22-23H,5,8,10-11H2,1H3,(H,18,24)(H,19,25). The van der Waals surface area contributed by atoms with Gasteiger partial charge in [-0.2, -0.15) is 5.10 Å². The topological polar surface area (TPSA) is 116 Å². The molecule has 1 heterocycles. The molecule has 1 unspecified atom stereocenters. The SMILES string of the molecule is Cc1ccc(C(=O)NCC(O)CNC(=O)CCn2cccn2)cc1O. The number of aliphatic hydroxyl groups excluding tert-OH is 1. The number of aromatic hydroxyl groups is 1. The van der Waals surface area contributed by atoms with E-state index in [9.17, 15) is 19.8 Å². The third-order valence-electron chi connectivity index (χ3n) is 3.63. The number of nitrogens with zero attached hydrogens (tertiary/aromatic N) is 2. The summed E-state index contributed by atoms with van der Waals surface area (Å²) in [6.45, 7) is 2.22. The lowest BCUT2D eigenvalue weighted by Gasteiger charge is -2.13. The number of carbonyl (C=O) groups is 2. The summed E-state index contributed by atoms with van der Waals surface area (Å²) >= 11 is 0. The molecular formula is C17H22N4O4. The van der Waals surface area contributed by atoms with Gasteiger partial charge >= 0.3 is 0 Å². The van der Waals surface area contributed by atoms with Crippen molar-refractivity contribution in [2.24, 2.45) is 0 Å². The van der Waals surface area contributed by atoms with Crippen LogP contribution in [0.1, 0.15) is 22.3 Å². The number of carbonyl (C=O) groups excluding carboxylic acids is 2. The lowest BCUT2D eigenvalue weighted by atomic mass is 10.1. The molecule has 25 heavy (non-hydrogen) atoms. The fraction of sp³-hybridized carbons (Fsp3) is 0.353. The molecule has 0 saturated carbocycles. The Morgan fingerprint density at radius 3 is 2.72 bits per heavy atom. The van der Waals surface area contributed by atoms with Crippen molar-refractivity contribution >= 4 is 11.8 Å². The molecule has 134 valence electrons. The summed E-state index contributed by atoms with van der Waals surface area (Å²) in [5.41, 5.74) is 0.980. The molecule has 2 rings (SSSR count). The molecule has 0 spiro atoms. The highest BCUT2D eigenvalue weighted by Gasteiger charge is 2.11. The van der Waals surface area contributed by atoms with Crippen molar-refractivity contribution in [1.82, 2.24) is 20.4 Å². The lowest BCUT2D eigenvalue weighted by molar-refractivity contribution is -0.121. The summed E-state index contributed by atoms with van der Waals surface area (Å²) < 4.78 is 1.65. The molecule has 1 atom stereocenters. The van der Waals surface area contributed by atoms with Crippen LogP contribution in [0.4, 0.5) is 0 Å². The molecule has 4 N–H and O–H groups in total. The van der Waals surface area contributed by atoms with Crippen LogP contribution < -0.4 is 10.6 Å². The van der Waals surface area contributed by atoms with Crippen molar-refractivity contribution in [2.45, 2.75) is 26.0 Å². The predicted molar refractivity (Wildman–Crippen MR) is 91.0 cm³/mol. The number of aryl methyl sites for hydroxylation is 2. The van der Waals surface area contributed by atoms with Crippen LogP contribution in [0.15, 0.2) is 36.7 Å². The van der Waals surface area contributed by atoms with Crippen molar-refractivity contribution in [3.63, 3.8) is 0 Å². The molecule has 1 aromatic carbocycles. The van der Waals surface area contributed by atoms with Gasteiger partial charge in [-0.1, -0.05) is 6.07 Å². The minimum atomic E-state index is -0.906. The molecule has 2 aromatic rings. The number of hydrogen-bond donors (Lipinski definition) is 4. The van der Waals surface area contributed by atoms with Crippen LogP contribution in [0.25, 0.3) is 0 Å². The molecule has 8 nitrogen and oxygen atoms in total. The Labute approximate surface area is 145 Å². The van der Waals surface area contributed by atoms with Gasteiger partial charge in [-0.15, -0.1) is 0 Å². The van der Waals surface area contributed by atoms with E-state index >= 15 is 0 Å². The van der Waals surface area contributed by atoms with Gasteiger partial charge in [-0.05, 0) is 30.7 Å². The van der Waals surface area contributed by atoms with Gasteiger partial charge in [-0.3, -0.25) is 14.3 Å². The van der Waals surface area contributed by atoms with Crippen molar-refractivity contribution in [3.05, 3.63) is 47.8 Å². The number of aliphatic hydroxyl groups is 1. The van der Waals surface area contributed by atoms with Crippen molar-refractivity contribution in [1.29, 1.82) is 0 Å². The minimum absolute atomic E-state index is 0.00704. The maximum atomic E-state index is 12.0. The second-order valence-corrected chi connectivity index (χ2v) is 5.69. The highest BCUT2D eigenvalue weighted by molar-refractivity contribution is 5.94. The van der Waals surface area contributed by atoms with E-state index in [2.05, 4.69) is 15.7 Å². The van der Waals surface area contributed by atoms with Crippen LogP contribution in [0.3, 0.4) is 0 Å². The third kappa shape index (κ3) is 5.92. The highest BCUT2D eigenvalue weighted by atomic mass is 16.3. The maximum absolute atomic E-state index is 12.0. The number of benzene rings is 1. The molecule has 0 aliphatic carbocycles. The van der Waals surface area contributed by atoms with Gasteiger partial charge in [0.1, 0.15) is 5.75 Å². The Morgan fingerprint density at radius 2 is 2.04 bits per heavy atom. The van der Waals surface area contributed by atoms with Crippen LogP contribution in [-0.4, -0.2) is 51.0 Å². The predicted octanol–water partition coefficient (Wildman–Crippen LogP) is 0.194. The zero-order valence-corrected chi connectivity index (χ0v) is 14.0.